The summed E-state index contributed by atoms with van der Waals surface area (Å²) in [6, 6.07) is 16.2. The highest BCUT2D eigenvalue weighted by Gasteiger charge is 2.59. The molecule has 9 heteroatoms. The minimum absolute atomic E-state index is 0.0998. The number of hydrogen-bond acceptors (Lipinski definition) is 5. The van der Waals surface area contributed by atoms with Crippen LogP contribution in [0.4, 0.5) is 0 Å². The molecule has 3 atom stereocenters. The molecule has 0 spiro atoms. The van der Waals surface area contributed by atoms with Gasteiger partial charge in [0.25, 0.3) is 10.0 Å². The molecule has 7 nitrogen and oxygen atoms in total. The number of amides is 1. The molecule has 0 N–H and O–H groups in total. The lowest BCUT2D eigenvalue weighted by Gasteiger charge is -2.52. The molecule has 3 heterocycles. The highest BCUT2D eigenvalue weighted by Crippen LogP contribution is 2.48. The summed E-state index contributed by atoms with van der Waals surface area (Å²) in [4.78, 5) is 28.0. The van der Waals surface area contributed by atoms with Crippen LogP contribution >= 0.6 is 11.6 Å². The van der Waals surface area contributed by atoms with E-state index in [2.05, 4.69) is 0 Å². The van der Waals surface area contributed by atoms with E-state index >= 15 is 0 Å². The van der Waals surface area contributed by atoms with E-state index in [1.807, 2.05) is 12.1 Å². The molecule has 6 rings (SSSR count). The first-order chi connectivity index (χ1) is 16.3. The van der Waals surface area contributed by atoms with Crippen LogP contribution in [0.5, 0.6) is 0 Å². The fraction of sp³-hybridized carbons (Fsp3) is 0.280. The Hall–Kier alpha value is -3.10. The maximum Gasteiger partial charge on any atom is 0.320 e. The fourth-order valence-corrected chi connectivity index (χ4v) is 7.13. The maximum absolute atomic E-state index is 14.0. The number of carbonyl (C=O) groups is 2. The smallest absolute Gasteiger partial charge is 0.320 e. The van der Waals surface area contributed by atoms with E-state index < -0.39 is 27.4 Å². The second-order valence-corrected chi connectivity index (χ2v) is 10.7. The van der Waals surface area contributed by atoms with E-state index in [0.29, 0.717) is 23.9 Å². The lowest BCUT2D eigenvalue weighted by molar-refractivity contribution is -0.156. The van der Waals surface area contributed by atoms with Gasteiger partial charge in [0.2, 0.25) is 5.91 Å². The van der Waals surface area contributed by atoms with Gasteiger partial charge in [0.15, 0.2) is 0 Å². The van der Waals surface area contributed by atoms with Gasteiger partial charge in [-0.3, -0.25) is 9.59 Å². The van der Waals surface area contributed by atoms with Crippen molar-refractivity contribution in [3.63, 3.8) is 0 Å². The number of alkyl halides is 1. The SMILES string of the molecule is COC(=O)[C@]1(c2cc3ccccc3n2S(=O)(=O)c2ccccc2)C[C@@H]2C=C[C@H]1N(C(=O)CCl)C2. The normalized spacial score (nSPS) is 23.9. The Balaban J connectivity index is 1.84. The Morgan fingerprint density at radius 3 is 2.47 bits per heavy atom. The predicted octanol–water partition coefficient (Wildman–Crippen LogP) is 3.31. The zero-order valence-corrected chi connectivity index (χ0v) is 20.0. The van der Waals surface area contributed by atoms with E-state index in [1.54, 1.807) is 53.4 Å². The molecule has 0 unspecified atom stereocenters. The number of halogens is 1. The third kappa shape index (κ3) is 3.20. The van der Waals surface area contributed by atoms with Gasteiger partial charge >= 0.3 is 5.97 Å². The summed E-state index contributed by atoms with van der Waals surface area (Å²) in [5.41, 5.74) is -0.698. The molecular formula is C25H23ClN2O5S. The van der Waals surface area contributed by atoms with Crippen LogP contribution in [0.2, 0.25) is 0 Å². The molecular weight excluding hydrogens is 476 g/mol. The number of aromatic nitrogens is 1. The Kier molecular flexibility index (Phi) is 5.53. The number of hydrogen-bond donors (Lipinski definition) is 0. The van der Waals surface area contributed by atoms with Crippen molar-refractivity contribution < 1.29 is 22.7 Å². The second kappa shape index (κ2) is 8.29. The van der Waals surface area contributed by atoms with Crippen LogP contribution in [-0.4, -0.2) is 54.7 Å². The maximum atomic E-state index is 14.0. The van der Waals surface area contributed by atoms with Crippen molar-refractivity contribution >= 4 is 44.4 Å². The molecule has 1 fully saturated rings. The summed E-state index contributed by atoms with van der Waals surface area (Å²) in [6.07, 6.45) is 4.09. The molecule has 176 valence electrons. The van der Waals surface area contributed by atoms with Crippen LogP contribution in [0.15, 0.2) is 77.7 Å². The topological polar surface area (TPSA) is 85.7 Å². The minimum atomic E-state index is -4.09. The number of rotatable bonds is 5. The van der Waals surface area contributed by atoms with Crippen LogP contribution in [-0.2, 0) is 29.8 Å². The van der Waals surface area contributed by atoms with Gasteiger partial charge in [-0.2, -0.15) is 0 Å². The Labute approximate surface area is 202 Å². The van der Waals surface area contributed by atoms with Crippen molar-refractivity contribution in [1.29, 1.82) is 0 Å². The molecule has 1 aliphatic carbocycles. The van der Waals surface area contributed by atoms with Gasteiger partial charge in [-0.05, 0) is 36.6 Å². The summed E-state index contributed by atoms with van der Waals surface area (Å²) in [6.45, 7) is 0.414. The number of carbonyl (C=O) groups excluding carboxylic acids is 2. The number of para-hydroxylation sites is 1. The molecule has 0 saturated carbocycles. The average Bonchev–Trinajstić information content (AvgIpc) is 3.29. The fourth-order valence-electron chi connectivity index (χ4n) is 5.37. The van der Waals surface area contributed by atoms with Crippen molar-refractivity contribution in [2.75, 3.05) is 19.5 Å². The number of piperidine rings is 1. The van der Waals surface area contributed by atoms with Crippen molar-refractivity contribution in [3.8, 4) is 0 Å². The molecule has 0 radical (unpaired) electrons. The number of esters is 1. The van der Waals surface area contributed by atoms with E-state index in [-0.39, 0.29) is 28.3 Å². The molecule has 2 aromatic carbocycles. The van der Waals surface area contributed by atoms with Crippen molar-refractivity contribution in [2.45, 2.75) is 22.8 Å². The van der Waals surface area contributed by atoms with Crippen LogP contribution in [0.3, 0.4) is 0 Å². The first-order valence-corrected chi connectivity index (χ1v) is 12.9. The largest absolute Gasteiger partial charge is 0.468 e. The van der Waals surface area contributed by atoms with Gasteiger partial charge in [0, 0.05) is 11.9 Å². The first-order valence-electron chi connectivity index (χ1n) is 10.9. The lowest BCUT2D eigenvalue weighted by Crippen LogP contribution is -2.64. The van der Waals surface area contributed by atoms with Crippen molar-refractivity contribution in [3.05, 3.63) is 78.5 Å². The number of fused-ring (bicyclic) bond motifs is 3. The summed E-state index contributed by atoms with van der Waals surface area (Å²) >= 11 is 5.89. The Morgan fingerprint density at radius 2 is 1.79 bits per heavy atom. The second-order valence-electron chi connectivity index (χ2n) is 8.61. The van der Waals surface area contributed by atoms with Crippen LogP contribution in [0.1, 0.15) is 12.1 Å². The molecule has 34 heavy (non-hydrogen) atoms. The van der Waals surface area contributed by atoms with Gasteiger partial charge in [-0.25, -0.2) is 12.4 Å². The van der Waals surface area contributed by atoms with Crippen LogP contribution < -0.4 is 0 Å². The molecule has 1 aromatic heterocycles. The quantitative estimate of drug-likeness (QED) is 0.306. The van der Waals surface area contributed by atoms with Gasteiger partial charge in [-0.1, -0.05) is 48.6 Å². The molecule has 1 amide bonds. The van der Waals surface area contributed by atoms with E-state index in [1.165, 1.54) is 23.2 Å². The average molecular weight is 499 g/mol. The summed E-state index contributed by atoms with van der Waals surface area (Å²) in [7, 11) is -2.81. The van der Waals surface area contributed by atoms with Crippen LogP contribution in [0, 0.1) is 5.92 Å². The van der Waals surface area contributed by atoms with Gasteiger partial charge < -0.3 is 9.64 Å². The Morgan fingerprint density at radius 1 is 1.09 bits per heavy atom. The molecule has 3 aromatic rings. The molecule has 2 bridgehead atoms. The standard InChI is InChI=1S/C25H23ClN2O5S/c1-33-24(30)25(14-17-11-12-21(25)27(16-17)23(29)15-26)22-13-18-7-5-6-10-20(18)28(22)34(31,32)19-8-3-2-4-9-19/h2-13,17,21H,14-16H2,1H3/t17-,21+,25+/m0/s1. The number of nitrogens with zero attached hydrogens (tertiary/aromatic N) is 2. The van der Waals surface area contributed by atoms with Gasteiger partial charge in [0.1, 0.15) is 11.3 Å². The zero-order valence-electron chi connectivity index (χ0n) is 18.4. The number of methoxy groups -OCH3 is 1. The molecule has 1 saturated heterocycles. The van der Waals surface area contributed by atoms with Crippen LogP contribution in [0.25, 0.3) is 10.9 Å². The lowest BCUT2D eigenvalue weighted by atomic mass is 9.64. The summed E-state index contributed by atoms with van der Waals surface area (Å²) in [5.74, 6) is -1.30. The van der Waals surface area contributed by atoms with Crippen molar-refractivity contribution in [2.24, 2.45) is 5.92 Å². The van der Waals surface area contributed by atoms with Gasteiger partial charge in [0.05, 0.1) is 29.3 Å². The van der Waals surface area contributed by atoms with Crippen molar-refractivity contribution in [1.82, 2.24) is 8.87 Å². The van der Waals surface area contributed by atoms with Gasteiger partial charge in [-0.15, -0.1) is 11.6 Å². The number of ether oxygens (including phenoxy) is 1. The van der Waals surface area contributed by atoms with E-state index in [4.69, 9.17) is 16.3 Å². The highest BCUT2D eigenvalue weighted by atomic mass is 35.5. The number of benzene rings is 2. The first kappa shape index (κ1) is 22.7. The minimum Gasteiger partial charge on any atom is -0.468 e. The molecule has 2 aliphatic heterocycles. The Bertz CT molecular complexity index is 1420. The van der Waals surface area contributed by atoms with E-state index in [9.17, 15) is 18.0 Å². The predicted molar refractivity (Wildman–Crippen MR) is 128 cm³/mol. The zero-order chi connectivity index (χ0) is 24.1. The molecule has 3 aliphatic rings. The summed E-state index contributed by atoms with van der Waals surface area (Å²) < 4.78 is 34.5. The van der Waals surface area contributed by atoms with E-state index in [0.717, 1.165) is 0 Å². The summed E-state index contributed by atoms with van der Waals surface area (Å²) in [5, 5.41) is 0.668. The highest BCUT2D eigenvalue weighted by molar-refractivity contribution is 7.90. The third-order valence-corrected chi connectivity index (χ3v) is 8.78. The third-order valence-electron chi connectivity index (χ3n) is 6.81. The monoisotopic (exact) mass is 498 g/mol.